The first kappa shape index (κ1) is 25.5. The summed E-state index contributed by atoms with van der Waals surface area (Å²) in [5.41, 5.74) is 0.510. The van der Waals surface area contributed by atoms with Gasteiger partial charge in [-0.25, -0.2) is 0 Å². The highest BCUT2D eigenvalue weighted by molar-refractivity contribution is 5.66. The Morgan fingerprint density at radius 3 is 2.39 bits per heavy atom. The lowest BCUT2D eigenvalue weighted by atomic mass is 9.43. The Hall–Kier alpha value is -0.570. The van der Waals surface area contributed by atoms with Gasteiger partial charge >= 0.3 is 5.97 Å². The van der Waals surface area contributed by atoms with Gasteiger partial charge in [0.2, 0.25) is 0 Å². The summed E-state index contributed by atoms with van der Waals surface area (Å²) in [5.74, 6) is 5.44. The number of hydrogen-bond acceptors (Lipinski definition) is 3. The third kappa shape index (κ3) is 4.54. The molecule has 4 aliphatic carbocycles. The van der Waals surface area contributed by atoms with Crippen molar-refractivity contribution in [2.45, 2.75) is 125 Å². The lowest BCUT2D eigenvalue weighted by molar-refractivity contribution is -0.186. The molecule has 0 aromatic carbocycles. The van der Waals surface area contributed by atoms with E-state index >= 15 is 0 Å². The molecular weight excluding hydrogens is 408 g/mol. The molecule has 0 aromatic rings. The van der Waals surface area contributed by atoms with Crippen LogP contribution >= 0.6 is 0 Å². The van der Waals surface area contributed by atoms with Gasteiger partial charge in [0.05, 0.1) is 6.10 Å². The summed E-state index contributed by atoms with van der Waals surface area (Å²) in [6, 6.07) is 0. The summed E-state index contributed by atoms with van der Waals surface area (Å²) in [6.45, 7) is 16.2. The maximum Gasteiger partial charge on any atom is 0.302 e. The molecule has 3 heteroatoms. The van der Waals surface area contributed by atoms with E-state index in [0.29, 0.717) is 23.2 Å². The van der Waals surface area contributed by atoms with Crippen molar-refractivity contribution in [3.63, 3.8) is 0 Å². The van der Waals surface area contributed by atoms with Crippen LogP contribution in [0.4, 0.5) is 0 Å². The van der Waals surface area contributed by atoms with Gasteiger partial charge in [-0.05, 0) is 110 Å². The molecule has 7 unspecified atom stereocenters. The Labute approximate surface area is 203 Å². The second-order valence-electron chi connectivity index (χ2n) is 13.8. The van der Waals surface area contributed by atoms with E-state index in [4.69, 9.17) is 4.74 Å². The summed E-state index contributed by atoms with van der Waals surface area (Å²) < 4.78 is 5.63. The van der Waals surface area contributed by atoms with Gasteiger partial charge in [0.15, 0.2) is 0 Å². The van der Waals surface area contributed by atoms with Crippen LogP contribution in [-0.2, 0) is 9.53 Å². The molecule has 0 aromatic heterocycles. The summed E-state index contributed by atoms with van der Waals surface area (Å²) in [7, 11) is 0. The van der Waals surface area contributed by atoms with Crippen LogP contribution < -0.4 is 0 Å². The van der Waals surface area contributed by atoms with Crippen molar-refractivity contribution in [1.29, 1.82) is 0 Å². The van der Waals surface area contributed by atoms with E-state index in [-0.39, 0.29) is 23.6 Å². The molecule has 11 atom stereocenters. The first-order chi connectivity index (χ1) is 15.5. The summed E-state index contributed by atoms with van der Waals surface area (Å²) >= 11 is 0. The molecule has 4 rings (SSSR count). The fourth-order valence-electron chi connectivity index (χ4n) is 9.72. The van der Waals surface area contributed by atoms with E-state index in [1.54, 1.807) is 0 Å². The molecule has 0 radical (unpaired) electrons. The van der Waals surface area contributed by atoms with Gasteiger partial charge in [-0.1, -0.05) is 54.4 Å². The molecule has 4 saturated carbocycles. The minimum Gasteiger partial charge on any atom is -0.463 e. The van der Waals surface area contributed by atoms with Crippen molar-refractivity contribution in [3.8, 4) is 0 Å². The molecule has 33 heavy (non-hydrogen) atoms. The zero-order valence-electron chi connectivity index (χ0n) is 22.6. The smallest absolute Gasteiger partial charge is 0.302 e. The largest absolute Gasteiger partial charge is 0.463 e. The lowest BCUT2D eigenvalue weighted by Crippen LogP contribution is -2.59. The minimum absolute atomic E-state index is 0.0908. The van der Waals surface area contributed by atoms with Crippen molar-refractivity contribution >= 4 is 5.97 Å². The molecule has 0 saturated heterocycles. The van der Waals surface area contributed by atoms with Gasteiger partial charge in [-0.15, -0.1) is 0 Å². The van der Waals surface area contributed by atoms with E-state index in [9.17, 15) is 9.90 Å². The first-order valence-electron chi connectivity index (χ1n) is 14.3. The van der Waals surface area contributed by atoms with Crippen LogP contribution in [0.3, 0.4) is 0 Å². The predicted molar refractivity (Wildman–Crippen MR) is 135 cm³/mol. The van der Waals surface area contributed by atoms with Crippen LogP contribution in [0, 0.1) is 58.2 Å². The second kappa shape index (κ2) is 9.47. The van der Waals surface area contributed by atoms with Gasteiger partial charge in [0.25, 0.3) is 0 Å². The molecule has 4 fully saturated rings. The van der Waals surface area contributed by atoms with E-state index in [0.717, 1.165) is 55.3 Å². The van der Waals surface area contributed by atoms with Gasteiger partial charge in [0.1, 0.15) is 6.10 Å². The van der Waals surface area contributed by atoms with Crippen molar-refractivity contribution < 1.29 is 14.6 Å². The van der Waals surface area contributed by atoms with Crippen molar-refractivity contribution in [1.82, 2.24) is 0 Å². The average molecular weight is 461 g/mol. The number of rotatable bonds is 6. The van der Waals surface area contributed by atoms with Crippen molar-refractivity contribution in [3.05, 3.63) is 0 Å². The number of ether oxygens (including phenoxy) is 1. The Balaban J connectivity index is 1.48. The van der Waals surface area contributed by atoms with E-state index in [2.05, 4.69) is 41.5 Å². The molecule has 0 aliphatic heterocycles. The van der Waals surface area contributed by atoms with Crippen LogP contribution in [0.25, 0.3) is 0 Å². The van der Waals surface area contributed by atoms with Gasteiger partial charge in [-0.2, -0.15) is 0 Å². The van der Waals surface area contributed by atoms with Crippen LogP contribution in [0.15, 0.2) is 0 Å². The number of esters is 1. The molecule has 3 nitrogen and oxygen atoms in total. The highest BCUT2D eigenvalue weighted by Gasteiger charge is 2.63. The standard InChI is InChI=1S/C30H52O3/c1-18(2)19(3)8-9-20(4)25-12-13-26-24-11-10-22-16-23(33-21(5)31)14-15-29(22,6)28(24)27(32)17-30(25,26)7/h18-20,22-28,32H,8-17H2,1-7H3/t19-,20+,22-,23?,24+,25?,26?,27?,28?,29?,30?/m0/s1. The first-order valence-corrected chi connectivity index (χ1v) is 14.3. The Kier molecular flexibility index (Phi) is 7.33. The number of hydrogen-bond donors (Lipinski definition) is 1. The number of aliphatic hydroxyl groups excluding tert-OH is 1. The molecule has 190 valence electrons. The quantitative estimate of drug-likeness (QED) is 0.424. The van der Waals surface area contributed by atoms with E-state index in [1.807, 2.05) is 0 Å². The number of carbonyl (C=O) groups is 1. The minimum atomic E-state index is -0.170. The molecule has 0 amide bonds. The van der Waals surface area contributed by atoms with Crippen LogP contribution in [0.2, 0.25) is 0 Å². The Bertz CT molecular complexity index is 703. The molecule has 0 spiro atoms. The van der Waals surface area contributed by atoms with E-state index < -0.39 is 0 Å². The summed E-state index contributed by atoms with van der Waals surface area (Å²) in [4.78, 5) is 11.5. The van der Waals surface area contributed by atoms with Gasteiger partial charge < -0.3 is 9.84 Å². The molecule has 0 bridgehead atoms. The maximum absolute atomic E-state index is 11.7. The Morgan fingerprint density at radius 2 is 1.73 bits per heavy atom. The number of fused-ring (bicyclic) bond motifs is 5. The third-order valence-corrected chi connectivity index (χ3v) is 11.9. The highest BCUT2D eigenvalue weighted by atomic mass is 16.5. The molecular formula is C30H52O3. The second-order valence-corrected chi connectivity index (χ2v) is 13.8. The Morgan fingerprint density at radius 1 is 1.00 bits per heavy atom. The van der Waals surface area contributed by atoms with E-state index in [1.165, 1.54) is 45.4 Å². The predicted octanol–water partition coefficient (Wildman–Crippen LogP) is 7.26. The maximum atomic E-state index is 11.7. The topological polar surface area (TPSA) is 46.5 Å². The fraction of sp³-hybridized carbons (Fsp3) is 0.967. The van der Waals surface area contributed by atoms with Gasteiger partial charge in [-0.3, -0.25) is 4.79 Å². The normalized spacial score (nSPS) is 46.8. The highest BCUT2D eigenvalue weighted by Crippen LogP contribution is 2.68. The zero-order valence-corrected chi connectivity index (χ0v) is 22.6. The monoisotopic (exact) mass is 460 g/mol. The number of carbonyl (C=O) groups excluding carboxylic acids is 1. The third-order valence-electron chi connectivity index (χ3n) is 11.9. The average Bonchev–Trinajstić information content (AvgIpc) is 3.07. The zero-order chi connectivity index (χ0) is 24.1. The van der Waals surface area contributed by atoms with Crippen LogP contribution in [0.5, 0.6) is 0 Å². The molecule has 1 N–H and O–H groups in total. The number of aliphatic hydroxyl groups is 1. The van der Waals surface area contributed by atoms with Crippen molar-refractivity contribution in [2.24, 2.45) is 58.2 Å². The van der Waals surface area contributed by atoms with Gasteiger partial charge in [0, 0.05) is 6.92 Å². The lowest BCUT2D eigenvalue weighted by Gasteiger charge is -2.62. The summed E-state index contributed by atoms with van der Waals surface area (Å²) in [5, 5.41) is 11.7. The fourth-order valence-corrected chi connectivity index (χ4v) is 9.72. The summed E-state index contributed by atoms with van der Waals surface area (Å²) in [6.07, 6.45) is 11.9. The van der Waals surface area contributed by atoms with Crippen LogP contribution in [-0.4, -0.2) is 23.3 Å². The molecule has 0 heterocycles. The van der Waals surface area contributed by atoms with Crippen LogP contribution in [0.1, 0.15) is 113 Å². The SMILES string of the molecule is CC(=O)OC1CCC2(C)C3C(O)CC4(C)C(CCC4[C@H](C)CC[C@H](C)C(C)C)[C@H]3CC[C@H]2C1. The van der Waals surface area contributed by atoms with Crippen molar-refractivity contribution in [2.75, 3.05) is 0 Å². The molecule has 4 aliphatic rings.